The molecule has 0 heterocycles. The minimum Gasteiger partial charge on any atom is -0.282 e. The van der Waals surface area contributed by atoms with Crippen LogP contribution in [0.5, 0.6) is 0 Å². The quantitative estimate of drug-likeness (QED) is 0.784. The van der Waals surface area contributed by atoms with Crippen LogP contribution in [-0.2, 0) is 16.5 Å². The second-order valence-electron chi connectivity index (χ2n) is 3.35. The van der Waals surface area contributed by atoms with Crippen LogP contribution in [0.25, 0.3) is 0 Å². The fourth-order valence-electron chi connectivity index (χ4n) is 1.26. The molecule has 1 aromatic carbocycles. The van der Waals surface area contributed by atoms with Crippen LogP contribution in [0.3, 0.4) is 0 Å². The van der Waals surface area contributed by atoms with Gasteiger partial charge in [-0.05, 0) is 24.8 Å². The lowest BCUT2D eigenvalue weighted by Gasteiger charge is -2.02. The molecule has 0 bridgehead atoms. The van der Waals surface area contributed by atoms with Crippen molar-refractivity contribution in [2.45, 2.75) is 19.3 Å². The average Bonchev–Trinajstić information content (AvgIpc) is 2.18. The third-order valence-corrected chi connectivity index (χ3v) is 3.06. The summed E-state index contributed by atoms with van der Waals surface area (Å²) in [5, 5.41) is 0. The summed E-state index contributed by atoms with van der Waals surface area (Å²) in [6.45, 7) is 3.32. The predicted octanol–water partition coefficient (Wildman–Crippen LogP) is 2.41. The van der Waals surface area contributed by atoms with Crippen molar-refractivity contribution in [3.8, 4) is 0 Å². The molecule has 15 heavy (non-hydrogen) atoms. The third-order valence-electron chi connectivity index (χ3n) is 2.13. The van der Waals surface area contributed by atoms with E-state index in [1.165, 1.54) is 0 Å². The van der Waals surface area contributed by atoms with Gasteiger partial charge in [0.15, 0.2) is 0 Å². The zero-order chi connectivity index (χ0) is 11.3. The first-order valence-corrected chi connectivity index (χ1v) is 6.13. The molecule has 1 rings (SSSR count). The van der Waals surface area contributed by atoms with E-state index in [0.717, 1.165) is 12.0 Å². The average molecular weight is 226 g/mol. The zero-order valence-electron chi connectivity index (χ0n) is 8.39. The predicted molar refractivity (Wildman–Crippen MR) is 60.1 cm³/mol. The molecule has 1 N–H and O–H groups in total. The zero-order valence-corrected chi connectivity index (χ0v) is 9.20. The van der Waals surface area contributed by atoms with Crippen molar-refractivity contribution in [1.82, 2.24) is 0 Å². The van der Waals surface area contributed by atoms with Gasteiger partial charge in [0.05, 0.1) is 4.91 Å². The molecule has 0 saturated carbocycles. The van der Waals surface area contributed by atoms with Crippen LogP contribution in [0.1, 0.15) is 18.4 Å². The number of allylic oxidation sites excluding steroid dienone is 1. The lowest BCUT2D eigenvalue weighted by Crippen LogP contribution is -2.00. The molecular formula is C11H14O3S. The molecule has 0 unspecified atom stereocenters. The molecule has 0 saturated heterocycles. The first kappa shape index (κ1) is 11.9. The maximum Gasteiger partial charge on any atom is 0.290 e. The minimum absolute atomic E-state index is 0.113. The normalized spacial score (nSPS) is 11.3. The van der Waals surface area contributed by atoms with Gasteiger partial charge in [-0.2, -0.15) is 8.42 Å². The fraction of sp³-hybridized carbons (Fsp3) is 0.273. The van der Waals surface area contributed by atoms with Crippen molar-refractivity contribution >= 4 is 10.1 Å². The summed E-state index contributed by atoms with van der Waals surface area (Å²) < 4.78 is 29.9. The Morgan fingerprint density at radius 2 is 1.87 bits per heavy atom. The highest BCUT2D eigenvalue weighted by molar-refractivity contribution is 7.89. The molecule has 0 aromatic heterocycles. The number of hydrogen-bond acceptors (Lipinski definition) is 2. The van der Waals surface area contributed by atoms with Gasteiger partial charge < -0.3 is 0 Å². The summed E-state index contributed by atoms with van der Waals surface area (Å²) in [5.74, 6) is 0. The Bertz CT molecular complexity index is 420. The van der Waals surface area contributed by atoms with Crippen LogP contribution in [-0.4, -0.2) is 13.0 Å². The summed E-state index contributed by atoms with van der Waals surface area (Å²) in [5.41, 5.74) is 1.15. The lowest BCUT2D eigenvalue weighted by molar-refractivity contribution is 0.488. The first-order chi connectivity index (χ1) is 7.00. The molecule has 3 nitrogen and oxygen atoms in total. The number of hydrogen-bond donors (Lipinski definition) is 1. The highest BCUT2D eigenvalue weighted by Crippen LogP contribution is 2.12. The summed E-state index contributed by atoms with van der Waals surface area (Å²) in [6.07, 6.45) is 1.76. The minimum atomic E-state index is -4.05. The summed E-state index contributed by atoms with van der Waals surface area (Å²) >= 11 is 0. The SMILES string of the molecule is C=C(CCCc1ccccc1)S(=O)(=O)O. The summed E-state index contributed by atoms with van der Waals surface area (Å²) in [6, 6.07) is 9.77. The van der Waals surface area contributed by atoms with Crippen molar-refractivity contribution < 1.29 is 13.0 Å². The number of aryl methyl sites for hydroxylation is 1. The van der Waals surface area contributed by atoms with E-state index in [4.69, 9.17) is 4.55 Å². The molecular weight excluding hydrogens is 212 g/mol. The molecule has 82 valence electrons. The van der Waals surface area contributed by atoms with E-state index in [2.05, 4.69) is 6.58 Å². The van der Waals surface area contributed by atoms with Crippen LogP contribution in [0.4, 0.5) is 0 Å². The van der Waals surface area contributed by atoms with Gasteiger partial charge in [0, 0.05) is 0 Å². The standard InChI is InChI=1S/C11H14O3S/c1-10(15(12,13)14)6-5-9-11-7-3-2-4-8-11/h2-4,7-8H,1,5-6,9H2,(H,12,13,14). The Labute approximate surface area is 90.2 Å². The monoisotopic (exact) mass is 226 g/mol. The topological polar surface area (TPSA) is 54.4 Å². The van der Waals surface area contributed by atoms with Crippen LogP contribution >= 0.6 is 0 Å². The van der Waals surface area contributed by atoms with Gasteiger partial charge in [0.1, 0.15) is 0 Å². The molecule has 0 radical (unpaired) electrons. The van der Waals surface area contributed by atoms with Gasteiger partial charge in [-0.25, -0.2) is 0 Å². The first-order valence-electron chi connectivity index (χ1n) is 4.69. The second kappa shape index (κ2) is 5.09. The van der Waals surface area contributed by atoms with Crippen LogP contribution in [0.2, 0.25) is 0 Å². The molecule has 0 spiro atoms. The number of rotatable bonds is 5. The Balaban J connectivity index is 2.38. The van der Waals surface area contributed by atoms with E-state index in [1.807, 2.05) is 30.3 Å². The Morgan fingerprint density at radius 1 is 1.27 bits per heavy atom. The highest BCUT2D eigenvalue weighted by atomic mass is 32.2. The summed E-state index contributed by atoms with van der Waals surface area (Å²) in [4.78, 5) is -0.113. The van der Waals surface area contributed by atoms with E-state index >= 15 is 0 Å². The Kier molecular flexibility index (Phi) is 4.05. The van der Waals surface area contributed by atoms with Crippen molar-refractivity contribution in [1.29, 1.82) is 0 Å². The largest absolute Gasteiger partial charge is 0.290 e. The molecule has 0 atom stereocenters. The molecule has 1 aromatic rings. The van der Waals surface area contributed by atoms with Crippen molar-refractivity contribution in [3.05, 3.63) is 47.4 Å². The smallest absolute Gasteiger partial charge is 0.282 e. The Hall–Kier alpha value is -1.13. The molecule has 4 heteroatoms. The van der Waals surface area contributed by atoms with Crippen molar-refractivity contribution in [2.75, 3.05) is 0 Å². The number of benzene rings is 1. The van der Waals surface area contributed by atoms with Gasteiger partial charge >= 0.3 is 0 Å². The van der Waals surface area contributed by atoms with Crippen molar-refractivity contribution in [2.24, 2.45) is 0 Å². The van der Waals surface area contributed by atoms with E-state index in [-0.39, 0.29) is 4.91 Å². The van der Waals surface area contributed by atoms with E-state index in [9.17, 15) is 8.42 Å². The summed E-state index contributed by atoms with van der Waals surface area (Å²) in [7, 11) is -4.05. The molecule has 0 aliphatic rings. The van der Waals surface area contributed by atoms with Crippen LogP contribution in [0.15, 0.2) is 41.8 Å². The van der Waals surface area contributed by atoms with Gasteiger partial charge in [-0.3, -0.25) is 4.55 Å². The van der Waals surface area contributed by atoms with Crippen molar-refractivity contribution in [3.63, 3.8) is 0 Å². The molecule has 0 fully saturated rings. The van der Waals surface area contributed by atoms with Gasteiger partial charge in [0.2, 0.25) is 0 Å². The van der Waals surface area contributed by atoms with Gasteiger partial charge in [-0.15, -0.1) is 0 Å². The second-order valence-corrected chi connectivity index (χ2v) is 4.88. The fourth-order valence-corrected chi connectivity index (χ4v) is 1.67. The third kappa shape index (κ3) is 4.27. The highest BCUT2D eigenvalue weighted by Gasteiger charge is 2.09. The van der Waals surface area contributed by atoms with Gasteiger partial charge in [-0.1, -0.05) is 36.9 Å². The maximum absolute atomic E-state index is 10.6. The Morgan fingerprint density at radius 3 is 2.40 bits per heavy atom. The molecule has 0 amide bonds. The molecule has 0 aliphatic heterocycles. The van der Waals surface area contributed by atoms with Crippen LogP contribution < -0.4 is 0 Å². The maximum atomic E-state index is 10.6. The lowest BCUT2D eigenvalue weighted by atomic mass is 10.1. The van der Waals surface area contributed by atoms with Gasteiger partial charge in [0.25, 0.3) is 10.1 Å². The molecule has 0 aliphatic carbocycles. The van der Waals surface area contributed by atoms with E-state index in [0.29, 0.717) is 12.8 Å². The van der Waals surface area contributed by atoms with E-state index < -0.39 is 10.1 Å². The van der Waals surface area contributed by atoms with E-state index in [1.54, 1.807) is 0 Å². The van der Waals surface area contributed by atoms with Crippen LogP contribution in [0, 0.1) is 0 Å².